The van der Waals surface area contributed by atoms with Gasteiger partial charge in [0, 0.05) is 16.9 Å². The summed E-state index contributed by atoms with van der Waals surface area (Å²) in [7, 11) is 0. The summed E-state index contributed by atoms with van der Waals surface area (Å²) in [5.74, 6) is 0. The molecule has 1 atom stereocenters. The van der Waals surface area contributed by atoms with Crippen LogP contribution in [0.15, 0.2) is 42.6 Å². The Morgan fingerprint density at radius 2 is 2.13 bits per heavy atom. The minimum Gasteiger partial charge on any atom is -0.365 e. The lowest BCUT2D eigenvalue weighted by molar-refractivity contribution is -0.141. The summed E-state index contributed by atoms with van der Waals surface area (Å²) in [6.07, 6.45) is -0.0918. The summed E-state index contributed by atoms with van der Waals surface area (Å²) in [5.41, 5.74) is 1.66. The largest absolute Gasteiger partial charge is 0.435 e. The Labute approximate surface area is 175 Å². The van der Waals surface area contributed by atoms with Gasteiger partial charge in [0.2, 0.25) is 0 Å². The van der Waals surface area contributed by atoms with E-state index in [2.05, 4.69) is 20.7 Å². The van der Waals surface area contributed by atoms with E-state index >= 15 is 0 Å². The van der Waals surface area contributed by atoms with Crippen LogP contribution in [0.1, 0.15) is 41.5 Å². The van der Waals surface area contributed by atoms with E-state index in [0.29, 0.717) is 10.7 Å². The SMILES string of the molecule is O=C(NCc1cc(C(F)(F)F)nn1-c1cccc(Cl)c1)NC1CCCc2[nH]ccc21. The third-order valence-corrected chi connectivity index (χ3v) is 5.26. The van der Waals surface area contributed by atoms with Crippen molar-refractivity contribution < 1.29 is 18.0 Å². The minimum atomic E-state index is -4.60. The first-order chi connectivity index (χ1) is 14.3. The Kier molecular flexibility index (Phi) is 5.46. The van der Waals surface area contributed by atoms with E-state index in [1.54, 1.807) is 18.2 Å². The van der Waals surface area contributed by atoms with E-state index < -0.39 is 17.9 Å². The lowest BCUT2D eigenvalue weighted by Crippen LogP contribution is -2.38. The first-order valence-corrected chi connectivity index (χ1v) is 9.81. The van der Waals surface area contributed by atoms with E-state index in [-0.39, 0.29) is 18.3 Å². The van der Waals surface area contributed by atoms with Gasteiger partial charge in [0.15, 0.2) is 5.69 Å². The zero-order chi connectivity index (χ0) is 21.3. The molecule has 0 saturated heterocycles. The van der Waals surface area contributed by atoms with Crippen LogP contribution >= 0.6 is 11.6 Å². The number of nitrogens with one attached hydrogen (secondary N) is 3. The molecule has 30 heavy (non-hydrogen) atoms. The lowest BCUT2D eigenvalue weighted by atomic mass is 9.93. The molecule has 1 aliphatic carbocycles. The number of aromatic amines is 1. The third kappa shape index (κ3) is 4.30. The van der Waals surface area contributed by atoms with Crippen molar-refractivity contribution in [3.8, 4) is 5.69 Å². The van der Waals surface area contributed by atoms with Crippen LogP contribution in [0.5, 0.6) is 0 Å². The van der Waals surface area contributed by atoms with Crippen molar-refractivity contribution in [1.82, 2.24) is 25.4 Å². The van der Waals surface area contributed by atoms with Crippen LogP contribution in [-0.4, -0.2) is 20.8 Å². The molecule has 1 aliphatic rings. The van der Waals surface area contributed by atoms with Gasteiger partial charge >= 0.3 is 12.2 Å². The molecule has 2 amide bonds. The number of aryl methyl sites for hydroxylation is 1. The molecular weight excluding hydrogens is 419 g/mol. The fourth-order valence-corrected chi connectivity index (χ4v) is 3.83. The molecule has 0 fully saturated rings. The van der Waals surface area contributed by atoms with E-state index in [1.807, 2.05) is 12.3 Å². The predicted octanol–water partition coefficient (Wildman–Crippen LogP) is 4.75. The molecule has 0 saturated carbocycles. The number of amides is 2. The first kappa shape index (κ1) is 20.3. The number of carbonyl (C=O) groups is 1. The molecule has 3 N–H and O–H groups in total. The van der Waals surface area contributed by atoms with Crippen molar-refractivity contribution in [2.45, 2.75) is 38.0 Å². The van der Waals surface area contributed by atoms with Crippen LogP contribution in [-0.2, 0) is 19.1 Å². The quantitative estimate of drug-likeness (QED) is 0.551. The molecular formula is C20H19ClF3N5O. The number of benzene rings is 1. The molecule has 1 unspecified atom stereocenters. The zero-order valence-electron chi connectivity index (χ0n) is 15.8. The molecule has 2 heterocycles. The number of halogens is 4. The Bertz CT molecular complexity index is 1060. The van der Waals surface area contributed by atoms with Crippen LogP contribution in [0.2, 0.25) is 5.02 Å². The van der Waals surface area contributed by atoms with Gasteiger partial charge in [-0.1, -0.05) is 17.7 Å². The number of H-pyrrole nitrogens is 1. The monoisotopic (exact) mass is 437 g/mol. The number of aromatic nitrogens is 3. The van der Waals surface area contributed by atoms with Crippen molar-refractivity contribution in [1.29, 1.82) is 0 Å². The fraction of sp³-hybridized carbons (Fsp3) is 0.300. The van der Waals surface area contributed by atoms with E-state index in [1.165, 1.54) is 6.07 Å². The van der Waals surface area contributed by atoms with Crippen LogP contribution in [0.3, 0.4) is 0 Å². The van der Waals surface area contributed by atoms with Crippen molar-refractivity contribution in [3.63, 3.8) is 0 Å². The number of hydrogen-bond acceptors (Lipinski definition) is 2. The number of hydrogen-bond donors (Lipinski definition) is 3. The average molecular weight is 438 g/mol. The highest BCUT2D eigenvalue weighted by atomic mass is 35.5. The number of nitrogens with zero attached hydrogens (tertiary/aromatic N) is 2. The summed E-state index contributed by atoms with van der Waals surface area (Å²) < 4.78 is 40.7. The molecule has 158 valence electrons. The number of alkyl halides is 3. The highest BCUT2D eigenvalue weighted by molar-refractivity contribution is 6.30. The number of carbonyl (C=O) groups excluding carboxylic acids is 1. The molecule has 3 aromatic rings. The predicted molar refractivity (Wildman–Crippen MR) is 105 cm³/mol. The Morgan fingerprint density at radius 1 is 1.30 bits per heavy atom. The van der Waals surface area contributed by atoms with E-state index in [0.717, 1.165) is 41.3 Å². The van der Waals surface area contributed by atoms with Crippen molar-refractivity contribution in [2.24, 2.45) is 0 Å². The Balaban J connectivity index is 1.50. The topological polar surface area (TPSA) is 74.7 Å². The maximum atomic E-state index is 13.2. The Hall–Kier alpha value is -2.94. The van der Waals surface area contributed by atoms with Gasteiger partial charge in [-0.25, -0.2) is 9.48 Å². The lowest BCUT2D eigenvalue weighted by Gasteiger charge is -2.23. The van der Waals surface area contributed by atoms with Gasteiger partial charge in [-0.15, -0.1) is 0 Å². The second kappa shape index (κ2) is 8.06. The molecule has 0 spiro atoms. The van der Waals surface area contributed by atoms with Gasteiger partial charge < -0.3 is 15.6 Å². The van der Waals surface area contributed by atoms with Gasteiger partial charge in [-0.2, -0.15) is 18.3 Å². The zero-order valence-corrected chi connectivity index (χ0v) is 16.5. The highest BCUT2D eigenvalue weighted by Crippen LogP contribution is 2.30. The molecule has 0 radical (unpaired) electrons. The van der Waals surface area contributed by atoms with Crippen LogP contribution < -0.4 is 10.6 Å². The van der Waals surface area contributed by atoms with Crippen molar-refractivity contribution in [2.75, 3.05) is 0 Å². The van der Waals surface area contributed by atoms with E-state index in [9.17, 15) is 18.0 Å². The second-order valence-corrected chi connectivity index (χ2v) is 7.53. The fourth-order valence-electron chi connectivity index (χ4n) is 3.64. The van der Waals surface area contributed by atoms with Crippen LogP contribution in [0.4, 0.5) is 18.0 Å². The second-order valence-electron chi connectivity index (χ2n) is 7.09. The third-order valence-electron chi connectivity index (χ3n) is 5.03. The molecule has 2 aromatic heterocycles. The van der Waals surface area contributed by atoms with Gasteiger partial charge in [-0.3, -0.25) is 0 Å². The molecule has 0 aliphatic heterocycles. The first-order valence-electron chi connectivity index (χ1n) is 9.44. The maximum absolute atomic E-state index is 13.2. The van der Waals surface area contributed by atoms with Crippen LogP contribution in [0, 0.1) is 0 Å². The number of rotatable bonds is 4. The summed E-state index contributed by atoms with van der Waals surface area (Å²) in [5, 5.41) is 9.57. The Morgan fingerprint density at radius 3 is 2.90 bits per heavy atom. The number of fused-ring (bicyclic) bond motifs is 1. The summed E-state index contributed by atoms with van der Waals surface area (Å²) in [6, 6.07) is 8.60. The summed E-state index contributed by atoms with van der Waals surface area (Å²) in [4.78, 5) is 15.6. The highest BCUT2D eigenvalue weighted by Gasteiger charge is 2.35. The number of urea groups is 1. The minimum absolute atomic E-state index is 0.131. The molecule has 4 rings (SSSR count). The van der Waals surface area contributed by atoms with Crippen molar-refractivity contribution in [3.05, 3.63) is 70.3 Å². The summed E-state index contributed by atoms with van der Waals surface area (Å²) >= 11 is 5.97. The smallest absolute Gasteiger partial charge is 0.365 e. The summed E-state index contributed by atoms with van der Waals surface area (Å²) in [6.45, 7) is -0.131. The average Bonchev–Trinajstić information content (AvgIpc) is 3.34. The van der Waals surface area contributed by atoms with Gasteiger partial charge in [0.05, 0.1) is 24.0 Å². The van der Waals surface area contributed by atoms with E-state index in [4.69, 9.17) is 11.6 Å². The maximum Gasteiger partial charge on any atom is 0.435 e. The van der Waals surface area contributed by atoms with Gasteiger partial charge in [0.25, 0.3) is 0 Å². The van der Waals surface area contributed by atoms with Gasteiger partial charge in [-0.05, 0) is 55.2 Å². The molecule has 10 heteroatoms. The molecule has 6 nitrogen and oxygen atoms in total. The molecule has 0 bridgehead atoms. The van der Waals surface area contributed by atoms with Crippen molar-refractivity contribution >= 4 is 17.6 Å². The normalized spacial score (nSPS) is 16.2. The van der Waals surface area contributed by atoms with Gasteiger partial charge in [0.1, 0.15) is 0 Å². The van der Waals surface area contributed by atoms with Crippen LogP contribution in [0.25, 0.3) is 5.69 Å². The standard InChI is InChI=1S/C20H19ClF3N5O/c21-12-3-1-4-13(9-12)29-14(10-18(28-29)20(22,23)24)11-26-19(30)27-17-6-2-5-16-15(17)7-8-25-16/h1,3-4,7-10,17,25H,2,5-6,11H2,(H2,26,27,30). The molecule has 1 aromatic carbocycles.